The van der Waals surface area contributed by atoms with Crippen molar-refractivity contribution < 1.29 is 9.18 Å². The van der Waals surface area contributed by atoms with Gasteiger partial charge in [0, 0.05) is 13.3 Å². The third-order valence-electron chi connectivity index (χ3n) is 2.77. The fraction of sp³-hybridized carbons (Fsp3) is 0. The molecule has 0 saturated heterocycles. The minimum Gasteiger partial charge on any atom is -0.288 e. The SMILES string of the molecule is O=C(c1ccc(-c2cccs2)s1)c1cc(I)ccc1F. The van der Waals surface area contributed by atoms with Gasteiger partial charge in [-0.05, 0) is 64.4 Å². The quantitative estimate of drug-likeness (QED) is 0.412. The van der Waals surface area contributed by atoms with Crippen molar-refractivity contribution in [3.05, 3.63) is 67.7 Å². The van der Waals surface area contributed by atoms with Crippen LogP contribution >= 0.6 is 45.3 Å². The lowest BCUT2D eigenvalue weighted by Gasteiger charge is -2.01. The molecule has 3 aromatic rings. The fourth-order valence-corrected chi connectivity index (χ4v) is 4.10. The fourth-order valence-electron chi connectivity index (χ4n) is 1.82. The maximum atomic E-state index is 13.8. The highest BCUT2D eigenvalue weighted by atomic mass is 127. The van der Waals surface area contributed by atoms with E-state index in [1.54, 1.807) is 29.5 Å². The number of thiophene rings is 2. The highest BCUT2D eigenvalue weighted by Gasteiger charge is 2.17. The van der Waals surface area contributed by atoms with Gasteiger partial charge in [-0.3, -0.25) is 4.79 Å². The van der Waals surface area contributed by atoms with E-state index in [1.807, 2.05) is 23.6 Å². The Morgan fingerprint density at radius 1 is 1.10 bits per heavy atom. The summed E-state index contributed by atoms with van der Waals surface area (Å²) in [6.07, 6.45) is 0. The van der Waals surface area contributed by atoms with Crippen LogP contribution in [0.2, 0.25) is 0 Å². The average Bonchev–Trinajstić information content (AvgIpc) is 3.10. The molecule has 0 N–H and O–H groups in total. The Labute approximate surface area is 137 Å². The van der Waals surface area contributed by atoms with Gasteiger partial charge in [0.1, 0.15) is 5.82 Å². The van der Waals surface area contributed by atoms with Crippen molar-refractivity contribution in [3.8, 4) is 9.75 Å². The van der Waals surface area contributed by atoms with E-state index in [2.05, 4.69) is 22.6 Å². The molecule has 0 aliphatic carbocycles. The van der Waals surface area contributed by atoms with E-state index in [1.165, 1.54) is 17.4 Å². The molecule has 1 aromatic carbocycles. The lowest BCUT2D eigenvalue weighted by Crippen LogP contribution is -2.02. The zero-order chi connectivity index (χ0) is 14.1. The van der Waals surface area contributed by atoms with Gasteiger partial charge in [-0.15, -0.1) is 22.7 Å². The standard InChI is InChI=1S/C15H8FIOS2/c16-11-4-3-9(17)8-10(11)15(18)14-6-5-13(20-14)12-2-1-7-19-12/h1-8H. The molecular weight excluding hydrogens is 406 g/mol. The topological polar surface area (TPSA) is 17.1 Å². The van der Waals surface area contributed by atoms with Gasteiger partial charge >= 0.3 is 0 Å². The maximum absolute atomic E-state index is 13.8. The predicted molar refractivity (Wildman–Crippen MR) is 90.2 cm³/mol. The lowest BCUT2D eigenvalue weighted by molar-refractivity contribution is 0.103. The van der Waals surface area contributed by atoms with Crippen molar-refractivity contribution in [2.24, 2.45) is 0 Å². The molecule has 0 aliphatic rings. The summed E-state index contributed by atoms with van der Waals surface area (Å²) in [7, 11) is 0. The molecule has 0 unspecified atom stereocenters. The molecule has 3 rings (SSSR count). The van der Waals surface area contributed by atoms with Gasteiger partial charge in [0.05, 0.1) is 10.4 Å². The summed E-state index contributed by atoms with van der Waals surface area (Å²) in [5.41, 5.74) is 0.136. The highest BCUT2D eigenvalue weighted by Crippen LogP contribution is 2.32. The number of rotatable bonds is 3. The Morgan fingerprint density at radius 3 is 2.70 bits per heavy atom. The molecule has 0 radical (unpaired) electrons. The number of hydrogen-bond donors (Lipinski definition) is 0. The van der Waals surface area contributed by atoms with E-state index in [-0.39, 0.29) is 11.3 Å². The van der Waals surface area contributed by atoms with Gasteiger partial charge in [-0.2, -0.15) is 0 Å². The van der Waals surface area contributed by atoms with Gasteiger partial charge in [0.2, 0.25) is 5.78 Å². The average molecular weight is 414 g/mol. The molecular formula is C15H8FIOS2. The number of halogens is 2. The Bertz CT molecular complexity index is 762. The summed E-state index contributed by atoms with van der Waals surface area (Å²) in [6.45, 7) is 0. The summed E-state index contributed by atoms with van der Waals surface area (Å²) in [5, 5.41) is 2.00. The number of hydrogen-bond acceptors (Lipinski definition) is 3. The monoisotopic (exact) mass is 414 g/mol. The van der Waals surface area contributed by atoms with Crippen LogP contribution in [0.5, 0.6) is 0 Å². The zero-order valence-corrected chi connectivity index (χ0v) is 13.9. The first-order chi connectivity index (χ1) is 9.65. The van der Waals surface area contributed by atoms with Gasteiger partial charge in [0.25, 0.3) is 0 Å². The Hall–Kier alpha value is -1.05. The van der Waals surface area contributed by atoms with Crippen molar-refractivity contribution in [1.29, 1.82) is 0 Å². The van der Waals surface area contributed by atoms with Gasteiger partial charge in [0.15, 0.2) is 0 Å². The highest BCUT2D eigenvalue weighted by molar-refractivity contribution is 14.1. The first-order valence-electron chi connectivity index (χ1n) is 5.78. The molecule has 0 atom stereocenters. The van der Waals surface area contributed by atoms with Crippen LogP contribution in [0.3, 0.4) is 0 Å². The van der Waals surface area contributed by atoms with Crippen LogP contribution in [-0.2, 0) is 0 Å². The lowest BCUT2D eigenvalue weighted by atomic mass is 10.1. The van der Waals surface area contributed by atoms with Crippen molar-refractivity contribution in [2.75, 3.05) is 0 Å². The normalized spacial score (nSPS) is 10.7. The number of carbonyl (C=O) groups excluding carboxylic acids is 1. The molecule has 100 valence electrons. The Balaban J connectivity index is 1.97. The molecule has 1 nitrogen and oxygen atoms in total. The molecule has 0 saturated carbocycles. The molecule has 2 heterocycles. The van der Waals surface area contributed by atoms with Crippen molar-refractivity contribution in [1.82, 2.24) is 0 Å². The number of benzene rings is 1. The van der Waals surface area contributed by atoms with Crippen LogP contribution in [0.25, 0.3) is 9.75 Å². The first-order valence-corrected chi connectivity index (χ1v) is 8.56. The molecule has 0 aliphatic heterocycles. The Kier molecular flexibility index (Phi) is 4.00. The van der Waals surface area contributed by atoms with Crippen molar-refractivity contribution in [2.45, 2.75) is 0 Å². The molecule has 0 bridgehead atoms. The minimum absolute atomic E-state index is 0.136. The van der Waals surface area contributed by atoms with E-state index >= 15 is 0 Å². The van der Waals surface area contributed by atoms with Crippen LogP contribution in [0.4, 0.5) is 4.39 Å². The molecule has 2 aromatic heterocycles. The summed E-state index contributed by atoms with van der Waals surface area (Å²) in [5.74, 6) is -0.727. The Morgan fingerprint density at radius 2 is 1.95 bits per heavy atom. The third-order valence-corrected chi connectivity index (χ3v) is 5.59. The second kappa shape index (κ2) is 5.75. The number of carbonyl (C=O) groups is 1. The van der Waals surface area contributed by atoms with Crippen LogP contribution in [0.15, 0.2) is 47.8 Å². The number of ketones is 1. The largest absolute Gasteiger partial charge is 0.288 e. The zero-order valence-electron chi connectivity index (χ0n) is 10.1. The van der Waals surface area contributed by atoms with Crippen LogP contribution in [-0.4, -0.2) is 5.78 Å². The van der Waals surface area contributed by atoms with E-state index in [4.69, 9.17) is 0 Å². The van der Waals surface area contributed by atoms with Crippen molar-refractivity contribution >= 4 is 51.0 Å². The molecule has 5 heteroatoms. The summed E-state index contributed by atoms with van der Waals surface area (Å²) in [4.78, 5) is 15.1. The summed E-state index contributed by atoms with van der Waals surface area (Å²) in [6, 6.07) is 12.2. The predicted octanol–water partition coefficient (Wildman–Crippen LogP) is 5.45. The van der Waals surface area contributed by atoms with Gasteiger partial charge in [-0.25, -0.2) is 4.39 Å². The minimum atomic E-state index is -0.471. The summed E-state index contributed by atoms with van der Waals surface area (Å²) < 4.78 is 14.6. The molecule has 20 heavy (non-hydrogen) atoms. The third kappa shape index (κ3) is 2.70. The van der Waals surface area contributed by atoms with E-state index in [9.17, 15) is 9.18 Å². The van der Waals surface area contributed by atoms with Crippen molar-refractivity contribution in [3.63, 3.8) is 0 Å². The maximum Gasteiger partial charge on any atom is 0.205 e. The van der Waals surface area contributed by atoms with Crippen LogP contribution < -0.4 is 0 Å². The van der Waals surface area contributed by atoms with Gasteiger partial charge < -0.3 is 0 Å². The summed E-state index contributed by atoms with van der Waals surface area (Å²) >= 11 is 5.10. The molecule has 0 amide bonds. The smallest absolute Gasteiger partial charge is 0.205 e. The second-order valence-electron chi connectivity index (χ2n) is 4.09. The molecule has 0 fully saturated rings. The van der Waals surface area contributed by atoms with E-state index in [0.29, 0.717) is 4.88 Å². The van der Waals surface area contributed by atoms with E-state index in [0.717, 1.165) is 13.3 Å². The second-order valence-corrected chi connectivity index (χ2v) is 7.37. The molecule has 0 spiro atoms. The van der Waals surface area contributed by atoms with Gasteiger partial charge in [-0.1, -0.05) is 6.07 Å². The first kappa shape index (κ1) is 13.9. The van der Waals surface area contributed by atoms with Crippen LogP contribution in [0.1, 0.15) is 15.2 Å². The van der Waals surface area contributed by atoms with E-state index < -0.39 is 5.82 Å². The van der Waals surface area contributed by atoms with Crippen LogP contribution in [0, 0.1) is 9.39 Å².